The van der Waals surface area contributed by atoms with E-state index in [0.29, 0.717) is 35.1 Å². The summed E-state index contributed by atoms with van der Waals surface area (Å²) in [7, 11) is 0. The first-order valence-corrected chi connectivity index (χ1v) is 11.9. The second kappa shape index (κ2) is 10.2. The lowest BCUT2D eigenvalue weighted by Gasteiger charge is -2.47. The minimum atomic E-state index is -0.229. The number of pyridine rings is 1. The summed E-state index contributed by atoms with van der Waals surface area (Å²) in [5, 5.41) is 11.6. The number of anilines is 2. The number of nitrogens with two attached hydrogens (primary N) is 1. The van der Waals surface area contributed by atoms with Crippen LogP contribution in [0.4, 0.5) is 11.4 Å². The summed E-state index contributed by atoms with van der Waals surface area (Å²) >= 11 is 0. The van der Waals surface area contributed by atoms with Crippen molar-refractivity contribution in [3.63, 3.8) is 0 Å². The van der Waals surface area contributed by atoms with Crippen molar-refractivity contribution in [1.29, 1.82) is 5.41 Å². The van der Waals surface area contributed by atoms with Crippen LogP contribution in [0, 0.1) is 5.41 Å². The van der Waals surface area contributed by atoms with Crippen molar-refractivity contribution in [2.24, 2.45) is 0 Å². The fourth-order valence-electron chi connectivity index (χ4n) is 4.52. The van der Waals surface area contributed by atoms with E-state index in [9.17, 15) is 4.79 Å². The number of carbonyl (C=O) groups is 1. The number of nitrogen functional groups attached to an aromatic ring is 1. The van der Waals surface area contributed by atoms with Crippen molar-refractivity contribution in [1.82, 2.24) is 15.2 Å². The fourth-order valence-corrected chi connectivity index (χ4v) is 4.52. The molecule has 1 aromatic heterocycles. The molecule has 8 heteroatoms. The number of benzene rings is 2. The lowest BCUT2D eigenvalue weighted by molar-refractivity contribution is 0.0105. The molecular weight excluding hydrogens is 440 g/mol. The Morgan fingerprint density at radius 1 is 1.06 bits per heavy atom. The van der Waals surface area contributed by atoms with Gasteiger partial charge in [0.2, 0.25) is 0 Å². The summed E-state index contributed by atoms with van der Waals surface area (Å²) in [6.45, 7) is 6.03. The second-order valence-electron chi connectivity index (χ2n) is 8.93. The van der Waals surface area contributed by atoms with Crippen LogP contribution in [0.3, 0.4) is 0 Å². The molecule has 0 atom stereocenters. The van der Waals surface area contributed by atoms with Crippen LogP contribution in [0.25, 0.3) is 0 Å². The summed E-state index contributed by atoms with van der Waals surface area (Å²) in [6, 6.07) is 19.2. The molecule has 35 heavy (non-hydrogen) atoms. The number of hydrogen-bond donors (Lipinski definition) is 3. The highest BCUT2D eigenvalue weighted by Gasteiger charge is 2.32. The molecule has 3 aromatic rings. The van der Waals surface area contributed by atoms with Crippen LogP contribution in [0.1, 0.15) is 27.2 Å². The Hall–Kier alpha value is -3.75. The Labute approximate surface area is 205 Å². The van der Waals surface area contributed by atoms with E-state index in [0.717, 1.165) is 56.3 Å². The predicted octanol–water partition coefficient (Wildman–Crippen LogP) is 2.53. The van der Waals surface area contributed by atoms with Crippen molar-refractivity contribution >= 4 is 23.0 Å². The van der Waals surface area contributed by atoms with Crippen LogP contribution >= 0.6 is 0 Å². The lowest BCUT2D eigenvalue weighted by Crippen LogP contribution is -2.61. The van der Waals surface area contributed by atoms with E-state index < -0.39 is 0 Å². The third kappa shape index (κ3) is 5.18. The summed E-state index contributed by atoms with van der Waals surface area (Å²) in [5.41, 5.74) is 10.6. The van der Waals surface area contributed by atoms with Gasteiger partial charge >= 0.3 is 0 Å². The number of nitrogens with one attached hydrogen (secondary N) is 2. The lowest BCUT2D eigenvalue weighted by atomic mass is 9.97. The van der Waals surface area contributed by atoms with Crippen LogP contribution in [0.5, 0.6) is 0 Å². The van der Waals surface area contributed by atoms with E-state index in [1.807, 2.05) is 30.3 Å². The Kier molecular flexibility index (Phi) is 6.74. The van der Waals surface area contributed by atoms with Crippen molar-refractivity contribution < 1.29 is 9.53 Å². The van der Waals surface area contributed by atoms with Crippen molar-refractivity contribution in [2.45, 2.75) is 12.6 Å². The molecule has 8 nitrogen and oxygen atoms in total. The first-order chi connectivity index (χ1) is 17.1. The van der Waals surface area contributed by atoms with Gasteiger partial charge in [-0.1, -0.05) is 18.2 Å². The van der Waals surface area contributed by atoms with E-state index >= 15 is 0 Å². The standard InChI is InChI=1S/C27H30N6O2/c28-25-9-6-20(27(34)31-16-21-3-1-2-10-30-21)15-24(25)26(29)19-4-7-22(8-5-19)33-17-23(18-33)32-11-13-35-14-12-32/h1-10,15,23,29H,11-14,16-18,28H2,(H,31,34). The molecule has 0 unspecified atom stereocenters. The second-order valence-corrected chi connectivity index (χ2v) is 8.93. The van der Waals surface area contributed by atoms with Crippen LogP contribution in [0.15, 0.2) is 66.9 Å². The van der Waals surface area contributed by atoms with Crippen LogP contribution < -0.4 is 16.0 Å². The minimum absolute atomic E-state index is 0.229. The van der Waals surface area contributed by atoms with Crippen LogP contribution in [0.2, 0.25) is 0 Å². The first kappa shape index (κ1) is 23.0. The van der Waals surface area contributed by atoms with E-state index in [2.05, 4.69) is 32.2 Å². The SMILES string of the molecule is N=C(c1ccc(N2CC(N3CCOCC3)C2)cc1)c1cc(C(=O)NCc2ccccn2)ccc1N. The van der Waals surface area contributed by atoms with Gasteiger partial charge in [-0.15, -0.1) is 0 Å². The molecule has 2 saturated heterocycles. The zero-order chi connectivity index (χ0) is 24.2. The van der Waals surface area contributed by atoms with E-state index in [1.165, 1.54) is 0 Å². The molecule has 2 fully saturated rings. The number of hydrogen-bond acceptors (Lipinski definition) is 7. The van der Waals surface area contributed by atoms with Gasteiger partial charge < -0.3 is 20.7 Å². The molecule has 2 aliphatic rings. The largest absolute Gasteiger partial charge is 0.398 e. The topological polar surface area (TPSA) is 108 Å². The van der Waals surface area contributed by atoms with Gasteiger partial charge in [0.15, 0.2) is 0 Å². The molecule has 2 aromatic carbocycles. The highest BCUT2D eigenvalue weighted by atomic mass is 16.5. The van der Waals surface area contributed by atoms with Gasteiger partial charge in [-0.25, -0.2) is 0 Å². The summed E-state index contributed by atoms with van der Waals surface area (Å²) < 4.78 is 5.45. The summed E-state index contributed by atoms with van der Waals surface area (Å²) in [6.07, 6.45) is 1.69. The molecule has 180 valence electrons. The molecule has 2 aliphatic heterocycles. The Morgan fingerprint density at radius 3 is 2.51 bits per heavy atom. The quantitative estimate of drug-likeness (QED) is 0.362. The number of amides is 1. The molecule has 0 bridgehead atoms. The Morgan fingerprint density at radius 2 is 1.80 bits per heavy atom. The molecular formula is C27H30N6O2. The van der Waals surface area contributed by atoms with Crippen molar-refractivity contribution in [2.75, 3.05) is 50.0 Å². The first-order valence-electron chi connectivity index (χ1n) is 11.9. The summed E-state index contributed by atoms with van der Waals surface area (Å²) in [4.78, 5) is 21.8. The Balaban J connectivity index is 1.22. The van der Waals surface area contributed by atoms with Crippen molar-refractivity contribution in [3.05, 3.63) is 89.2 Å². The van der Waals surface area contributed by atoms with Gasteiger partial charge in [0.1, 0.15) is 0 Å². The molecule has 0 radical (unpaired) electrons. The van der Waals surface area contributed by atoms with Gasteiger partial charge in [0, 0.05) is 66.5 Å². The molecule has 0 spiro atoms. The number of morpholine rings is 1. The van der Waals surface area contributed by atoms with Crippen molar-refractivity contribution in [3.8, 4) is 0 Å². The normalized spacial score (nSPS) is 16.5. The number of rotatable bonds is 7. The zero-order valence-electron chi connectivity index (χ0n) is 19.6. The number of carbonyl (C=O) groups excluding carboxylic acids is 1. The molecule has 3 heterocycles. The van der Waals surface area contributed by atoms with Gasteiger partial charge in [0.05, 0.1) is 31.2 Å². The van der Waals surface area contributed by atoms with Gasteiger partial charge in [-0.3, -0.25) is 20.1 Å². The summed E-state index contributed by atoms with van der Waals surface area (Å²) in [5.74, 6) is -0.229. The number of nitrogens with zero attached hydrogens (tertiary/aromatic N) is 3. The molecule has 0 aliphatic carbocycles. The van der Waals surface area contributed by atoms with E-state index in [-0.39, 0.29) is 5.91 Å². The monoisotopic (exact) mass is 470 g/mol. The maximum atomic E-state index is 12.7. The van der Waals surface area contributed by atoms with E-state index in [1.54, 1.807) is 24.4 Å². The third-order valence-corrected chi connectivity index (χ3v) is 6.69. The number of ether oxygens (including phenoxy) is 1. The smallest absolute Gasteiger partial charge is 0.251 e. The van der Waals surface area contributed by atoms with Crippen LogP contribution in [-0.2, 0) is 11.3 Å². The van der Waals surface area contributed by atoms with E-state index in [4.69, 9.17) is 15.9 Å². The molecule has 4 N–H and O–H groups in total. The maximum absolute atomic E-state index is 12.7. The van der Waals surface area contributed by atoms with Gasteiger partial charge in [-0.05, 0) is 42.5 Å². The molecule has 5 rings (SSSR count). The molecule has 1 amide bonds. The maximum Gasteiger partial charge on any atom is 0.251 e. The third-order valence-electron chi connectivity index (χ3n) is 6.69. The average Bonchev–Trinajstić information content (AvgIpc) is 2.88. The fraction of sp³-hybridized carbons (Fsp3) is 0.296. The predicted molar refractivity (Wildman–Crippen MR) is 137 cm³/mol. The number of aromatic nitrogens is 1. The zero-order valence-corrected chi connectivity index (χ0v) is 19.6. The molecule has 0 saturated carbocycles. The van der Waals surface area contributed by atoms with Gasteiger partial charge in [-0.2, -0.15) is 0 Å². The minimum Gasteiger partial charge on any atom is -0.398 e. The van der Waals surface area contributed by atoms with Gasteiger partial charge in [0.25, 0.3) is 5.91 Å². The Bertz CT molecular complexity index is 1190. The average molecular weight is 471 g/mol. The highest BCUT2D eigenvalue weighted by Crippen LogP contribution is 2.26. The highest BCUT2D eigenvalue weighted by molar-refractivity contribution is 6.15. The van der Waals surface area contributed by atoms with Crippen LogP contribution in [-0.4, -0.2) is 66.9 Å².